The molecule has 4 nitrogen and oxygen atoms in total. The molecule has 1 saturated heterocycles. The summed E-state index contributed by atoms with van der Waals surface area (Å²) >= 11 is 0. The summed E-state index contributed by atoms with van der Waals surface area (Å²) in [5.74, 6) is -0.580. The summed E-state index contributed by atoms with van der Waals surface area (Å²) in [4.78, 5) is 11.4. The molecule has 1 aliphatic rings. The molecule has 0 unspecified atom stereocenters. The SMILES string of the molecule is CCCCOc1ccc(B2OC(C)(C)C(C)(C)O2)c(C=O)c1F. The second-order valence-electron chi connectivity index (χ2n) is 6.79. The Balaban J connectivity index is 2.31. The number of unbranched alkanes of at least 4 members (excludes halogenated alkanes) is 1. The van der Waals surface area contributed by atoms with Crippen LogP contribution in [-0.4, -0.2) is 31.2 Å². The van der Waals surface area contributed by atoms with Gasteiger partial charge in [0, 0.05) is 0 Å². The highest BCUT2D eigenvalue weighted by atomic mass is 19.1. The molecule has 0 atom stereocenters. The van der Waals surface area contributed by atoms with Crippen molar-refractivity contribution in [3.8, 4) is 5.75 Å². The third kappa shape index (κ3) is 3.43. The summed E-state index contributed by atoms with van der Waals surface area (Å²) in [7, 11) is -0.778. The van der Waals surface area contributed by atoms with Crippen molar-refractivity contribution in [2.24, 2.45) is 0 Å². The lowest BCUT2D eigenvalue weighted by Crippen LogP contribution is -2.41. The summed E-state index contributed by atoms with van der Waals surface area (Å²) in [5, 5.41) is 0. The van der Waals surface area contributed by atoms with Crippen LogP contribution in [0.5, 0.6) is 5.75 Å². The topological polar surface area (TPSA) is 44.8 Å². The number of halogens is 1. The van der Waals surface area contributed by atoms with Gasteiger partial charge in [-0.2, -0.15) is 0 Å². The molecule has 1 aromatic carbocycles. The first-order chi connectivity index (χ1) is 10.7. The van der Waals surface area contributed by atoms with Gasteiger partial charge < -0.3 is 14.0 Å². The van der Waals surface area contributed by atoms with E-state index in [1.165, 1.54) is 6.07 Å². The number of hydrogen-bond donors (Lipinski definition) is 0. The van der Waals surface area contributed by atoms with Gasteiger partial charge in [0.05, 0.1) is 23.4 Å². The van der Waals surface area contributed by atoms with Crippen molar-refractivity contribution in [1.29, 1.82) is 0 Å². The van der Waals surface area contributed by atoms with Crippen LogP contribution in [0.4, 0.5) is 4.39 Å². The van der Waals surface area contributed by atoms with Crippen LogP contribution < -0.4 is 10.2 Å². The molecule has 2 rings (SSSR count). The Bertz CT molecular complexity index is 570. The van der Waals surface area contributed by atoms with Gasteiger partial charge in [0.25, 0.3) is 0 Å². The standard InChI is InChI=1S/C17H24BFO4/c1-6-7-10-21-14-9-8-13(12(11-20)15(14)19)18-22-16(2,3)17(4,5)23-18/h8-9,11H,6-7,10H2,1-5H3. The Morgan fingerprint density at radius 2 is 1.83 bits per heavy atom. The highest BCUT2D eigenvalue weighted by Gasteiger charge is 2.52. The molecule has 0 bridgehead atoms. The fourth-order valence-electron chi connectivity index (χ4n) is 2.32. The van der Waals surface area contributed by atoms with Crippen LogP contribution in [0.3, 0.4) is 0 Å². The summed E-state index contributed by atoms with van der Waals surface area (Å²) < 4.78 is 31.7. The summed E-state index contributed by atoms with van der Waals surface area (Å²) in [6.07, 6.45) is 2.27. The number of carbonyl (C=O) groups excluding carboxylic acids is 1. The van der Waals surface area contributed by atoms with Crippen LogP contribution in [0.25, 0.3) is 0 Å². The highest BCUT2D eigenvalue weighted by molar-refractivity contribution is 6.63. The molecular formula is C17H24BFO4. The first-order valence-electron chi connectivity index (χ1n) is 7.99. The van der Waals surface area contributed by atoms with E-state index < -0.39 is 24.1 Å². The number of ether oxygens (including phenoxy) is 1. The van der Waals surface area contributed by atoms with E-state index in [4.69, 9.17) is 14.0 Å². The monoisotopic (exact) mass is 322 g/mol. The predicted molar refractivity (Wildman–Crippen MR) is 87.9 cm³/mol. The van der Waals surface area contributed by atoms with Crippen LogP contribution in [0.15, 0.2) is 12.1 Å². The van der Waals surface area contributed by atoms with Crippen molar-refractivity contribution in [2.45, 2.75) is 58.7 Å². The third-order valence-electron chi connectivity index (χ3n) is 4.56. The van der Waals surface area contributed by atoms with Crippen molar-refractivity contribution in [1.82, 2.24) is 0 Å². The molecule has 1 heterocycles. The quantitative estimate of drug-likeness (QED) is 0.459. The fraction of sp³-hybridized carbons (Fsp3) is 0.588. The Hall–Kier alpha value is -1.40. The zero-order chi connectivity index (χ0) is 17.3. The van der Waals surface area contributed by atoms with Crippen molar-refractivity contribution in [3.63, 3.8) is 0 Å². The van der Waals surface area contributed by atoms with E-state index in [0.29, 0.717) is 18.4 Å². The van der Waals surface area contributed by atoms with Gasteiger partial charge in [-0.1, -0.05) is 19.4 Å². The van der Waals surface area contributed by atoms with Gasteiger partial charge in [0.2, 0.25) is 0 Å². The van der Waals surface area contributed by atoms with E-state index in [9.17, 15) is 9.18 Å². The molecule has 0 N–H and O–H groups in total. The van der Waals surface area contributed by atoms with E-state index in [1.54, 1.807) is 6.07 Å². The van der Waals surface area contributed by atoms with E-state index in [-0.39, 0.29) is 11.3 Å². The molecule has 126 valence electrons. The molecule has 6 heteroatoms. The average molecular weight is 322 g/mol. The molecule has 0 saturated carbocycles. The van der Waals surface area contributed by atoms with Gasteiger partial charge >= 0.3 is 7.12 Å². The summed E-state index contributed by atoms with van der Waals surface area (Å²) in [6.45, 7) is 10.1. The van der Waals surface area contributed by atoms with Crippen molar-refractivity contribution < 1.29 is 23.2 Å². The molecule has 0 spiro atoms. The Labute approximate surface area is 137 Å². The molecule has 0 aliphatic carbocycles. The van der Waals surface area contributed by atoms with Gasteiger partial charge in [-0.25, -0.2) is 4.39 Å². The Morgan fingerprint density at radius 1 is 1.22 bits per heavy atom. The van der Waals surface area contributed by atoms with E-state index in [0.717, 1.165) is 12.8 Å². The summed E-state index contributed by atoms with van der Waals surface area (Å²) in [5.41, 5.74) is -0.786. The minimum Gasteiger partial charge on any atom is -0.490 e. The zero-order valence-corrected chi connectivity index (χ0v) is 14.4. The van der Waals surface area contributed by atoms with Gasteiger partial charge in [-0.05, 0) is 45.6 Å². The number of benzene rings is 1. The lowest BCUT2D eigenvalue weighted by Gasteiger charge is -2.32. The first-order valence-corrected chi connectivity index (χ1v) is 7.99. The maximum absolute atomic E-state index is 14.5. The Kier molecular flexibility index (Phi) is 5.16. The maximum Gasteiger partial charge on any atom is 0.495 e. The molecule has 1 aliphatic heterocycles. The zero-order valence-electron chi connectivity index (χ0n) is 14.4. The molecular weight excluding hydrogens is 298 g/mol. The van der Waals surface area contributed by atoms with Crippen LogP contribution in [0.2, 0.25) is 0 Å². The summed E-state index contributed by atoms with van der Waals surface area (Å²) in [6, 6.07) is 3.16. The Morgan fingerprint density at radius 3 is 2.35 bits per heavy atom. The minimum atomic E-state index is -0.778. The fourth-order valence-corrected chi connectivity index (χ4v) is 2.32. The number of aldehydes is 1. The van der Waals surface area contributed by atoms with Gasteiger partial charge in [-0.3, -0.25) is 4.79 Å². The van der Waals surface area contributed by atoms with E-state index in [2.05, 4.69) is 0 Å². The van der Waals surface area contributed by atoms with Crippen LogP contribution in [-0.2, 0) is 9.31 Å². The smallest absolute Gasteiger partial charge is 0.490 e. The lowest BCUT2D eigenvalue weighted by atomic mass is 9.76. The number of carbonyl (C=O) groups is 1. The number of rotatable bonds is 6. The highest BCUT2D eigenvalue weighted by Crippen LogP contribution is 2.37. The maximum atomic E-state index is 14.5. The molecule has 1 aromatic rings. The van der Waals surface area contributed by atoms with Crippen molar-refractivity contribution >= 4 is 18.9 Å². The minimum absolute atomic E-state index is 0.0718. The van der Waals surface area contributed by atoms with Gasteiger partial charge in [0.1, 0.15) is 0 Å². The lowest BCUT2D eigenvalue weighted by molar-refractivity contribution is 0.00578. The predicted octanol–water partition coefficient (Wildman–Crippen LogP) is 3.12. The van der Waals surface area contributed by atoms with Crippen LogP contribution in [0, 0.1) is 5.82 Å². The van der Waals surface area contributed by atoms with Crippen molar-refractivity contribution in [2.75, 3.05) is 6.61 Å². The van der Waals surface area contributed by atoms with Gasteiger partial charge in [-0.15, -0.1) is 0 Å². The first kappa shape index (κ1) is 18.0. The third-order valence-corrected chi connectivity index (χ3v) is 4.56. The second kappa shape index (κ2) is 6.61. The second-order valence-corrected chi connectivity index (χ2v) is 6.79. The largest absolute Gasteiger partial charge is 0.495 e. The molecule has 0 radical (unpaired) electrons. The van der Waals surface area contributed by atoms with Crippen molar-refractivity contribution in [3.05, 3.63) is 23.5 Å². The molecule has 23 heavy (non-hydrogen) atoms. The normalized spacial score (nSPS) is 19.0. The van der Waals surface area contributed by atoms with E-state index in [1.807, 2.05) is 34.6 Å². The average Bonchev–Trinajstić information content (AvgIpc) is 2.69. The van der Waals surface area contributed by atoms with Gasteiger partial charge in [0.15, 0.2) is 17.9 Å². The molecule has 0 amide bonds. The van der Waals surface area contributed by atoms with E-state index >= 15 is 0 Å². The molecule has 0 aromatic heterocycles. The van der Waals surface area contributed by atoms with Crippen LogP contribution >= 0.6 is 0 Å². The van der Waals surface area contributed by atoms with Crippen LogP contribution in [0.1, 0.15) is 57.8 Å². The molecule has 1 fully saturated rings. The number of hydrogen-bond acceptors (Lipinski definition) is 4.